The van der Waals surface area contributed by atoms with Crippen molar-refractivity contribution in [1.82, 2.24) is 9.97 Å². The van der Waals surface area contributed by atoms with Gasteiger partial charge < -0.3 is 4.42 Å². The van der Waals surface area contributed by atoms with Crippen LogP contribution in [0.3, 0.4) is 0 Å². The Hall–Kier alpha value is -2.75. The highest BCUT2D eigenvalue weighted by Crippen LogP contribution is 2.21. The van der Waals surface area contributed by atoms with Crippen molar-refractivity contribution in [3.05, 3.63) is 59.0 Å². The van der Waals surface area contributed by atoms with Crippen molar-refractivity contribution in [2.75, 3.05) is 0 Å². The highest BCUT2D eigenvalue weighted by atomic mass is 16.4. The molecule has 0 atom stereocenters. The average Bonchev–Trinajstić information content (AvgIpc) is 2.46. The predicted molar refractivity (Wildman–Crippen MR) is 73.1 cm³/mol. The zero-order valence-corrected chi connectivity index (χ0v) is 9.83. The van der Waals surface area contributed by atoms with E-state index in [4.69, 9.17) is 4.42 Å². The summed E-state index contributed by atoms with van der Waals surface area (Å²) in [7, 11) is 0. The summed E-state index contributed by atoms with van der Waals surface area (Å²) < 4.78 is 5.27. The van der Waals surface area contributed by atoms with Crippen LogP contribution in [-0.2, 0) is 0 Å². The number of fused-ring (bicyclic) bond motifs is 4. The fraction of sp³-hybridized carbons (Fsp3) is 0. The molecule has 0 radical (unpaired) electrons. The summed E-state index contributed by atoms with van der Waals surface area (Å²) in [5.41, 5.74) is 2.41. The molecule has 2 aromatic heterocycles. The van der Waals surface area contributed by atoms with Gasteiger partial charge in [-0.25, -0.2) is 14.8 Å². The Labute approximate surface area is 107 Å². The van der Waals surface area contributed by atoms with Crippen molar-refractivity contribution < 1.29 is 4.42 Å². The maximum atomic E-state index is 12.0. The topological polar surface area (TPSA) is 56.0 Å². The third-order valence-corrected chi connectivity index (χ3v) is 3.11. The molecular weight excluding hydrogens is 240 g/mol. The van der Waals surface area contributed by atoms with E-state index in [-0.39, 0.29) is 5.52 Å². The summed E-state index contributed by atoms with van der Waals surface area (Å²) in [5, 5.41) is 0.801. The predicted octanol–water partition coefficient (Wildman–Crippen LogP) is 2.89. The van der Waals surface area contributed by atoms with Crippen molar-refractivity contribution >= 4 is 33.0 Å². The van der Waals surface area contributed by atoms with Gasteiger partial charge in [-0.2, -0.15) is 0 Å². The minimum atomic E-state index is -0.452. The molecule has 2 heterocycles. The van der Waals surface area contributed by atoms with E-state index < -0.39 is 5.63 Å². The molecule has 90 valence electrons. The van der Waals surface area contributed by atoms with Crippen molar-refractivity contribution in [1.29, 1.82) is 0 Å². The Morgan fingerprint density at radius 3 is 2.21 bits per heavy atom. The van der Waals surface area contributed by atoms with Crippen molar-refractivity contribution in [2.24, 2.45) is 0 Å². The van der Waals surface area contributed by atoms with Gasteiger partial charge in [0.05, 0.1) is 11.0 Å². The van der Waals surface area contributed by atoms with E-state index in [0.717, 1.165) is 10.9 Å². The fourth-order valence-electron chi connectivity index (χ4n) is 2.23. The number of aromatic nitrogens is 2. The molecule has 0 saturated heterocycles. The quantitative estimate of drug-likeness (QED) is 0.273. The Morgan fingerprint density at radius 2 is 1.42 bits per heavy atom. The lowest BCUT2D eigenvalue weighted by molar-refractivity contribution is 0.568. The van der Waals surface area contributed by atoms with E-state index in [1.165, 1.54) is 0 Å². The Kier molecular flexibility index (Phi) is 1.94. The molecule has 4 heteroatoms. The summed E-state index contributed by atoms with van der Waals surface area (Å²) in [5.74, 6) is 0. The van der Waals surface area contributed by atoms with Gasteiger partial charge in [0.25, 0.3) is 0 Å². The van der Waals surface area contributed by atoms with Gasteiger partial charge in [-0.3, -0.25) is 0 Å². The van der Waals surface area contributed by atoms with Crippen LogP contribution in [0.5, 0.6) is 0 Å². The molecule has 0 aliphatic rings. The molecule has 0 unspecified atom stereocenters. The van der Waals surface area contributed by atoms with Crippen LogP contribution in [-0.4, -0.2) is 9.97 Å². The SMILES string of the molecule is O=c1oc2ccccc2c2nc3ccccc3nc12. The Balaban J connectivity index is 2.34. The van der Waals surface area contributed by atoms with Crippen molar-refractivity contribution in [2.45, 2.75) is 0 Å². The molecule has 2 aromatic carbocycles. The maximum absolute atomic E-state index is 12.0. The van der Waals surface area contributed by atoms with Crippen LogP contribution in [0.15, 0.2) is 57.7 Å². The number of benzene rings is 2. The first-order valence-corrected chi connectivity index (χ1v) is 5.91. The van der Waals surface area contributed by atoms with Crippen molar-refractivity contribution in [3.63, 3.8) is 0 Å². The van der Waals surface area contributed by atoms with Crippen molar-refractivity contribution in [3.8, 4) is 0 Å². The molecule has 0 aliphatic heterocycles. The van der Waals surface area contributed by atoms with Crippen LogP contribution in [0.4, 0.5) is 0 Å². The second kappa shape index (κ2) is 3.62. The van der Waals surface area contributed by atoms with E-state index in [2.05, 4.69) is 9.97 Å². The summed E-state index contributed by atoms with van der Waals surface area (Å²) in [4.78, 5) is 20.9. The summed E-state index contributed by atoms with van der Waals surface area (Å²) in [6.45, 7) is 0. The van der Waals surface area contributed by atoms with Gasteiger partial charge in [0.2, 0.25) is 0 Å². The Morgan fingerprint density at radius 1 is 0.789 bits per heavy atom. The largest absolute Gasteiger partial charge is 0.421 e. The molecule has 4 rings (SSSR count). The van der Waals surface area contributed by atoms with Gasteiger partial charge in [0, 0.05) is 5.39 Å². The molecule has 0 N–H and O–H groups in total. The lowest BCUT2D eigenvalue weighted by atomic mass is 10.2. The molecule has 4 nitrogen and oxygen atoms in total. The van der Waals surface area contributed by atoms with Gasteiger partial charge in [0.1, 0.15) is 11.1 Å². The summed E-state index contributed by atoms with van der Waals surface area (Å²) in [6, 6.07) is 14.8. The van der Waals surface area contributed by atoms with Gasteiger partial charge in [-0.1, -0.05) is 24.3 Å². The van der Waals surface area contributed by atoms with E-state index in [1.807, 2.05) is 42.5 Å². The van der Waals surface area contributed by atoms with Gasteiger partial charge in [-0.15, -0.1) is 0 Å². The van der Waals surface area contributed by atoms with E-state index >= 15 is 0 Å². The van der Waals surface area contributed by atoms with Gasteiger partial charge in [0.15, 0.2) is 5.52 Å². The first-order chi connectivity index (χ1) is 9.33. The summed E-state index contributed by atoms with van der Waals surface area (Å²) in [6.07, 6.45) is 0. The lowest BCUT2D eigenvalue weighted by Gasteiger charge is -2.02. The Bertz CT molecular complexity index is 989. The van der Waals surface area contributed by atoms with E-state index in [9.17, 15) is 4.79 Å². The van der Waals surface area contributed by atoms with Crippen LogP contribution in [0, 0.1) is 0 Å². The minimum absolute atomic E-state index is 0.275. The van der Waals surface area contributed by atoms with E-state index in [0.29, 0.717) is 16.6 Å². The van der Waals surface area contributed by atoms with Gasteiger partial charge >= 0.3 is 5.63 Å². The number of rotatable bonds is 0. The van der Waals surface area contributed by atoms with E-state index in [1.54, 1.807) is 6.07 Å². The molecule has 0 spiro atoms. The molecular formula is C15H8N2O2. The molecule has 0 bridgehead atoms. The molecule has 0 amide bonds. The first-order valence-electron chi connectivity index (χ1n) is 5.91. The smallest absolute Gasteiger partial charge is 0.364 e. The van der Waals surface area contributed by atoms with Crippen LogP contribution in [0.2, 0.25) is 0 Å². The molecule has 19 heavy (non-hydrogen) atoms. The lowest BCUT2D eigenvalue weighted by Crippen LogP contribution is -2.03. The van der Waals surface area contributed by atoms with Crippen LogP contribution >= 0.6 is 0 Å². The normalized spacial score (nSPS) is 11.4. The zero-order valence-electron chi connectivity index (χ0n) is 9.83. The van der Waals surface area contributed by atoms with Gasteiger partial charge in [-0.05, 0) is 24.3 Å². The number of nitrogens with zero attached hydrogens (tertiary/aromatic N) is 2. The zero-order chi connectivity index (χ0) is 12.8. The highest BCUT2D eigenvalue weighted by molar-refractivity contribution is 6.02. The van der Waals surface area contributed by atoms with Crippen LogP contribution in [0.1, 0.15) is 0 Å². The second-order valence-electron chi connectivity index (χ2n) is 4.30. The monoisotopic (exact) mass is 248 g/mol. The molecule has 0 fully saturated rings. The summed E-state index contributed by atoms with van der Waals surface area (Å²) >= 11 is 0. The minimum Gasteiger partial charge on any atom is -0.421 e. The third-order valence-electron chi connectivity index (χ3n) is 3.11. The maximum Gasteiger partial charge on any atom is 0.364 e. The molecule has 0 saturated carbocycles. The average molecular weight is 248 g/mol. The number of para-hydroxylation sites is 3. The standard InChI is InChI=1S/C15H8N2O2/c18-15-14-13(9-5-1-4-8-12(9)19-15)16-10-6-2-3-7-11(10)17-14/h1-8H. The highest BCUT2D eigenvalue weighted by Gasteiger charge is 2.10. The number of hydrogen-bond acceptors (Lipinski definition) is 4. The molecule has 4 aromatic rings. The fourth-order valence-corrected chi connectivity index (χ4v) is 2.23. The van der Waals surface area contributed by atoms with Crippen LogP contribution < -0.4 is 5.63 Å². The second-order valence-corrected chi connectivity index (χ2v) is 4.30. The third kappa shape index (κ3) is 1.43. The van der Waals surface area contributed by atoms with Crippen LogP contribution in [0.25, 0.3) is 33.0 Å². The molecule has 0 aliphatic carbocycles. The number of hydrogen-bond donors (Lipinski definition) is 0. The first kappa shape index (κ1) is 10.2.